The number of carboxylic acid groups (broad SMARTS) is 1. The van der Waals surface area contributed by atoms with Gasteiger partial charge < -0.3 is 26.0 Å². The second-order valence-electron chi connectivity index (χ2n) is 3.82. The van der Waals surface area contributed by atoms with Crippen molar-refractivity contribution in [2.45, 2.75) is 18.6 Å². The number of nitrogens with two attached hydrogens (primary N) is 1. The predicted molar refractivity (Wildman–Crippen MR) is 59.3 cm³/mol. The molecular weight excluding hydrogens is 242 g/mol. The van der Waals surface area contributed by atoms with E-state index in [2.05, 4.69) is 19.9 Å². The molecule has 0 amide bonds. The number of rotatable bonds is 3. The number of nitrogens with one attached hydrogen (secondary N) is 1. The summed E-state index contributed by atoms with van der Waals surface area (Å²) in [6, 6.07) is 0. The fourth-order valence-electron chi connectivity index (χ4n) is 1.43. The van der Waals surface area contributed by atoms with Crippen LogP contribution in [-0.4, -0.2) is 47.0 Å². The summed E-state index contributed by atoms with van der Waals surface area (Å²) in [5, 5.41) is 27.6. The lowest BCUT2D eigenvalue weighted by molar-refractivity contribution is -0.210. The SMILES string of the molecule is CC(c1nc(N)c2[nH]cnc2n1)C(O)(O)C(=O)O. The van der Waals surface area contributed by atoms with E-state index in [1.807, 2.05) is 0 Å². The molecule has 2 heterocycles. The van der Waals surface area contributed by atoms with E-state index in [1.54, 1.807) is 0 Å². The molecule has 0 aliphatic rings. The molecule has 0 fully saturated rings. The van der Waals surface area contributed by atoms with Crippen LogP contribution in [0.3, 0.4) is 0 Å². The lowest BCUT2D eigenvalue weighted by Gasteiger charge is -2.22. The Kier molecular flexibility index (Phi) is 2.64. The molecule has 0 spiro atoms. The zero-order valence-corrected chi connectivity index (χ0v) is 9.32. The fraction of sp³-hybridized carbons (Fsp3) is 0.333. The number of hydrogen-bond donors (Lipinski definition) is 5. The predicted octanol–water partition coefficient (Wildman–Crippen LogP) is -1.20. The fourth-order valence-corrected chi connectivity index (χ4v) is 1.43. The maximum atomic E-state index is 10.7. The smallest absolute Gasteiger partial charge is 0.364 e. The summed E-state index contributed by atoms with van der Waals surface area (Å²) in [7, 11) is 0. The van der Waals surface area contributed by atoms with E-state index in [-0.39, 0.29) is 17.3 Å². The summed E-state index contributed by atoms with van der Waals surface area (Å²) in [6.07, 6.45) is 1.35. The number of anilines is 1. The molecule has 0 aliphatic heterocycles. The monoisotopic (exact) mass is 253 g/mol. The highest BCUT2D eigenvalue weighted by atomic mass is 16.5. The molecule has 0 radical (unpaired) electrons. The topological polar surface area (TPSA) is 158 Å². The summed E-state index contributed by atoms with van der Waals surface area (Å²) < 4.78 is 0. The van der Waals surface area contributed by atoms with Crippen molar-refractivity contribution in [3.8, 4) is 0 Å². The number of aliphatic carboxylic acids is 1. The van der Waals surface area contributed by atoms with Gasteiger partial charge in [0, 0.05) is 0 Å². The molecule has 0 saturated heterocycles. The highest BCUT2D eigenvalue weighted by Gasteiger charge is 2.42. The molecule has 2 aromatic rings. The summed E-state index contributed by atoms with van der Waals surface area (Å²) in [6.45, 7) is 1.27. The maximum absolute atomic E-state index is 10.7. The zero-order chi connectivity index (χ0) is 13.5. The summed E-state index contributed by atoms with van der Waals surface area (Å²) in [5.41, 5.74) is 6.26. The van der Waals surface area contributed by atoms with Gasteiger partial charge in [0.1, 0.15) is 11.3 Å². The van der Waals surface area contributed by atoms with Crippen molar-refractivity contribution in [1.29, 1.82) is 0 Å². The molecular formula is C9H11N5O4. The van der Waals surface area contributed by atoms with E-state index >= 15 is 0 Å². The molecule has 96 valence electrons. The molecule has 0 bridgehead atoms. The highest BCUT2D eigenvalue weighted by molar-refractivity contribution is 5.81. The van der Waals surface area contributed by atoms with Crippen LogP contribution in [0.5, 0.6) is 0 Å². The Balaban J connectivity index is 2.51. The number of fused-ring (bicyclic) bond motifs is 1. The molecule has 0 aromatic carbocycles. The third kappa shape index (κ3) is 1.75. The minimum atomic E-state index is -2.98. The number of carboxylic acids is 1. The van der Waals surface area contributed by atoms with E-state index in [0.29, 0.717) is 5.52 Å². The number of imidazole rings is 1. The third-order valence-corrected chi connectivity index (χ3v) is 2.64. The van der Waals surface area contributed by atoms with Crippen molar-refractivity contribution in [3.05, 3.63) is 12.2 Å². The van der Waals surface area contributed by atoms with Crippen molar-refractivity contribution in [2.24, 2.45) is 0 Å². The molecule has 2 rings (SSSR count). The van der Waals surface area contributed by atoms with Crippen molar-refractivity contribution in [3.63, 3.8) is 0 Å². The molecule has 6 N–H and O–H groups in total. The van der Waals surface area contributed by atoms with Crippen LogP contribution < -0.4 is 5.73 Å². The Morgan fingerprint density at radius 2 is 2.17 bits per heavy atom. The molecule has 9 nitrogen and oxygen atoms in total. The molecule has 1 atom stereocenters. The summed E-state index contributed by atoms with van der Waals surface area (Å²) in [5.74, 6) is -6.09. The second kappa shape index (κ2) is 3.89. The number of nitrogens with zero attached hydrogens (tertiary/aromatic N) is 3. The van der Waals surface area contributed by atoms with Gasteiger partial charge in [-0.3, -0.25) is 0 Å². The molecule has 0 aliphatic carbocycles. The van der Waals surface area contributed by atoms with Gasteiger partial charge >= 0.3 is 5.97 Å². The minimum Gasteiger partial charge on any atom is -0.477 e. The summed E-state index contributed by atoms with van der Waals surface area (Å²) in [4.78, 5) is 25.1. The van der Waals surface area contributed by atoms with Crippen LogP contribution >= 0.6 is 0 Å². The van der Waals surface area contributed by atoms with Gasteiger partial charge in [-0.15, -0.1) is 0 Å². The van der Waals surface area contributed by atoms with Crippen LogP contribution in [0.4, 0.5) is 5.82 Å². The van der Waals surface area contributed by atoms with E-state index in [9.17, 15) is 15.0 Å². The van der Waals surface area contributed by atoms with E-state index in [1.165, 1.54) is 13.3 Å². The number of aromatic nitrogens is 4. The third-order valence-electron chi connectivity index (χ3n) is 2.64. The summed E-state index contributed by atoms with van der Waals surface area (Å²) >= 11 is 0. The normalized spacial score (nSPS) is 13.7. The Hall–Kier alpha value is -2.26. The van der Waals surface area contributed by atoms with Gasteiger partial charge in [-0.05, 0) is 6.92 Å². The van der Waals surface area contributed by atoms with Crippen molar-refractivity contribution < 1.29 is 20.1 Å². The van der Waals surface area contributed by atoms with Crippen LogP contribution in [0.25, 0.3) is 11.2 Å². The van der Waals surface area contributed by atoms with Crippen LogP contribution in [0.2, 0.25) is 0 Å². The largest absolute Gasteiger partial charge is 0.477 e. The van der Waals surface area contributed by atoms with Gasteiger partial charge in [0.2, 0.25) is 0 Å². The quantitative estimate of drug-likeness (QED) is 0.427. The van der Waals surface area contributed by atoms with Crippen LogP contribution in [0.15, 0.2) is 6.33 Å². The van der Waals surface area contributed by atoms with Crippen molar-refractivity contribution in [2.75, 3.05) is 5.73 Å². The van der Waals surface area contributed by atoms with Crippen molar-refractivity contribution >= 4 is 23.0 Å². The standard InChI is InChI=1S/C9H11N5O4/c1-3(9(17,18)8(15)16)6-13-5(10)4-7(14-6)12-2-11-4/h2-3,17-18H,1H3,(H,15,16)(H3,10,11,12,13,14). The molecule has 18 heavy (non-hydrogen) atoms. The molecule has 1 unspecified atom stereocenters. The number of aliphatic hydroxyl groups is 2. The van der Waals surface area contributed by atoms with Gasteiger partial charge in [0.05, 0.1) is 12.2 Å². The Morgan fingerprint density at radius 3 is 2.78 bits per heavy atom. The average Bonchev–Trinajstić information content (AvgIpc) is 2.76. The van der Waals surface area contributed by atoms with Gasteiger partial charge in [0.15, 0.2) is 11.5 Å². The lowest BCUT2D eigenvalue weighted by atomic mass is 10.00. The number of H-pyrrole nitrogens is 1. The maximum Gasteiger partial charge on any atom is 0.364 e. The Morgan fingerprint density at radius 1 is 1.50 bits per heavy atom. The number of nitrogen functional groups attached to an aromatic ring is 1. The zero-order valence-electron chi connectivity index (χ0n) is 9.32. The first-order valence-corrected chi connectivity index (χ1v) is 4.98. The average molecular weight is 253 g/mol. The van der Waals surface area contributed by atoms with Gasteiger partial charge in [-0.1, -0.05) is 0 Å². The molecule has 0 saturated carbocycles. The Bertz CT molecular complexity index is 608. The first-order chi connectivity index (χ1) is 8.34. The van der Waals surface area contributed by atoms with Gasteiger partial charge in [-0.25, -0.2) is 19.7 Å². The highest BCUT2D eigenvalue weighted by Crippen LogP contribution is 2.26. The van der Waals surface area contributed by atoms with Crippen LogP contribution in [0.1, 0.15) is 18.7 Å². The second-order valence-corrected chi connectivity index (χ2v) is 3.82. The lowest BCUT2D eigenvalue weighted by Crippen LogP contribution is -2.43. The number of hydrogen-bond acceptors (Lipinski definition) is 7. The van der Waals surface area contributed by atoms with Crippen molar-refractivity contribution in [1.82, 2.24) is 19.9 Å². The number of aromatic amines is 1. The number of carbonyl (C=O) groups is 1. The first kappa shape index (κ1) is 12.2. The first-order valence-electron chi connectivity index (χ1n) is 4.98. The van der Waals surface area contributed by atoms with E-state index in [4.69, 9.17) is 10.8 Å². The van der Waals surface area contributed by atoms with E-state index < -0.39 is 17.7 Å². The van der Waals surface area contributed by atoms with Gasteiger partial charge in [-0.2, -0.15) is 0 Å². The van der Waals surface area contributed by atoms with Gasteiger partial charge in [0.25, 0.3) is 5.79 Å². The molecule has 2 aromatic heterocycles. The Labute approximate surface area is 100 Å². The minimum absolute atomic E-state index is 0.0561. The van der Waals surface area contributed by atoms with Crippen LogP contribution in [-0.2, 0) is 4.79 Å². The van der Waals surface area contributed by atoms with E-state index in [0.717, 1.165) is 0 Å². The van der Waals surface area contributed by atoms with Crippen LogP contribution in [0, 0.1) is 0 Å². The molecule has 9 heteroatoms.